The summed E-state index contributed by atoms with van der Waals surface area (Å²) in [5.41, 5.74) is 0.736. The number of nitrogens with zero attached hydrogens (tertiary/aromatic N) is 5. The van der Waals surface area contributed by atoms with E-state index in [0.717, 1.165) is 74.2 Å². The molecule has 1 saturated heterocycles. The van der Waals surface area contributed by atoms with Gasteiger partial charge in [0.25, 0.3) is 5.88 Å². The van der Waals surface area contributed by atoms with Gasteiger partial charge in [-0.05, 0) is 64.6 Å². The van der Waals surface area contributed by atoms with Gasteiger partial charge in [0.1, 0.15) is 11.9 Å². The van der Waals surface area contributed by atoms with Gasteiger partial charge in [0.05, 0.1) is 29.4 Å². The predicted molar refractivity (Wildman–Crippen MR) is 143 cm³/mol. The number of nitrogens with one attached hydrogen (secondary N) is 1. The third kappa shape index (κ3) is 6.17. The van der Waals surface area contributed by atoms with Crippen LogP contribution in [0.3, 0.4) is 0 Å². The first-order chi connectivity index (χ1) is 19.3. The molecule has 3 aromatic rings. The second-order valence-corrected chi connectivity index (χ2v) is 10.6. The lowest BCUT2D eigenvalue weighted by atomic mass is 9.92. The van der Waals surface area contributed by atoms with Gasteiger partial charge in [0.2, 0.25) is 0 Å². The fourth-order valence-corrected chi connectivity index (χ4v) is 5.85. The minimum absolute atomic E-state index is 0.0917. The van der Waals surface area contributed by atoms with E-state index in [2.05, 4.69) is 24.9 Å². The van der Waals surface area contributed by atoms with E-state index >= 15 is 0 Å². The van der Waals surface area contributed by atoms with Gasteiger partial charge in [-0.3, -0.25) is 4.68 Å². The summed E-state index contributed by atoms with van der Waals surface area (Å²) in [5.74, 6) is -0.927. The van der Waals surface area contributed by atoms with E-state index in [1.54, 1.807) is 7.11 Å². The lowest BCUT2D eigenvalue weighted by molar-refractivity contribution is -0.140. The molecule has 1 aliphatic carbocycles. The molecular weight excluding hydrogens is 528 g/mol. The average molecular weight is 565 g/mol. The Bertz CT molecular complexity index is 1280. The normalized spacial score (nSPS) is 21.1. The zero-order chi connectivity index (χ0) is 28.3. The van der Waals surface area contributed by atoms with Crippen molar-refractivity contribution in [2.75, 3.05) is 45.2 Å². The second-order valence-electron chi connectivity index (χ2n) is 10.6. The van der Waals surface area contributed by atoms with E-state index in [0.29, 0.717) is 37.7 Å². The largest absolute Gasteiger partial charge is 0.472 e. The average Bonchev–Trinajstić information content (AvgIpc) is 3.32. The number of halogens is 4. The van der Waals surface area contributed by atoms with Crippen LogP contribution in [0, 0.1) is 5.82 Å². The maximum absolute atomic E-state index is 14.5. The van der Waals surface area contributed by atoms with Crippen LogP contribution in [-0.2, 0) is 10.9 Å². The number of methoxy groups -OCH3 is 1. The molecule has 0 bridgehead atoms. The zero-order valence-electron chi connectivity index (χ0n) is 22.9. The molecule has 2 aliphatic rings. The van der Waals surface area contributed by atoms with E-state index < -0.39 is 29.5 Å². The number of piperidine rings is 1. The quantitative estimate of drug-likeness (QED) is 0.329. The molecule has 1 saturated carbocycles. The second kappa shape index (κ2) is 12.3. The molecule has 0 unspecified atom stereocenters. The highest BCUT2D eigenvalue weighted by Gasteiger charge is 2.37. The van der Waals surface area contributed by atoms with Crippen LogP contribution in [0.1, 0.15) is 68.7 Å². The van der Waals surface area contributed by atoms with Crippen molar-refractivity contribution in [3.8, 4) is 5.88 Å². The summed E-state index contributed by atoms with van der Waals surface area (Å²) in [6.07, 6.45) is 2.18. The van der Waals surface area contributed by atoms with Crippen LogP contribution < -0.4 is 10.1 Å². The topological polar surface area (TPSA) is 77.3 Å². The van der Waals surface area contributed by atoms with E-state index in [-0.39, 0.29) is 6.04 Å². The zero-order valence-corrected chi connectivity index (χ0v) is 22.9. The molecule has 0 aromatic carbocycles. The van der Waals surface area contributed by atoms with Crippen LogP contribution in [0.5, 0.6) is 5.88 Å². The number of hydrogen-bond acceptors (Lipinski definition) is 7. The minimum Gasteiger partial charge on any atom is -0.472 e. The molecule has 0 spiro atoms. The summed E-state index contributed by atoms with van der Waals surface area (Å²) in [4.78, 5) is 10.8. The molecular formula is C28H36F4N6O2. The highest BCUT2D eigenvalue weighted by atomic mass is 19.4. The van der Waals surface area contributed by atoms with Gasteiger partial charge in [-0.1, -0.05) is 0 Å². The maximum Gasteiger partial charge on any atom is 0.419 e. The summed E-state index contributed by atoms with van der Waals surface area (Å²) in [7, 11) is 1.72. The Kier molecular flexibility index (Phi) is 8.74. The van der Waals surface area contributed by atoms with Crippen LogP contribution in [0.15, 0.2) is 24.5 Å². The lowest BCUT2D eigenvalue weighted by Crippen LogP contribution is -2.35. The van der Waals surface area contributed by atoms with Gasteiger partial charge < -0.3 is 19.7 Å². The van der Waals surface area contributed by atoms with Gasteiger partial charge in [0.15, 0.2) is 5.82 Å². The Morgan fingerprint density at radius 1 is 1.07 bits per heavy atom. The molecule has 12 heteroatoms. The molecule has 5 rings (SSSR count). The number of anilines is 1. The number of aromatic nitrogens is 4. The fraction of sp³-hybridized carbons (Fsp3) is 0.607. The Labute approximate surface area is 231 Å². The number of ether oxygens (including phenoxy) is 2. The van der Waals surface area contributed by atoms with E-state index in [4.69, 9.17) is 14.6 Å². The van der Waals surface area contributed by atoms with Crippen LogP contribution in [-0.4, -0.2) is 70.6 Å². The summed E-state index contributed by atoms with van der Waals surface area (Å²) in [6, 6.07) is 2.77. The molecule has 0 amide bonds. The van der Waals surface area contributed by atoms with Crippen molar-refractivity contribution < 1.29 is 27.0 Å². The summed E-state index contributed by atoms with van der Waals surface area (Å²) >= 11 is 0. The van der Waals surface area contributed by atoms with Crippen LogP contribution in [0.2, 0.25) is 0 Å². The van der Waals surface area contributed by atoms with Crippen molar-refractivity contribution in [2.24, 2.45) is 0 Å². The summed E-state index contributed by atoms with van der Waals surface area (Å²) in [5, 5.41) is 9.50. The highest BCUT2D eigenvalue weighted by molar-refractivity contribution is 5.84. The van der Waals surface area contributed by atoms with E-state index in [1.807, 2.05) is 19.2 Å². The van der Waals surface area contributed by atoms with Crippen LogP contribution in [0.4, 0.5) is 23.4 Å². The van der Waals surface area contributed by atoms with Crippen molar-refractivity contribution >= 4 is 16.7 Å². The van der Waals surface area contributed by atoms with Crippen LogP contribution in [0.25, 0.3) is 10.9 Å². The predicted octanol–water partition coefficient (Wildman–Crippen LogP) is 5.80. The molecule has 218 valence electrons. The lowest BCUT2D eigenvalue weighted by Gasteiger charge is -2.31. The number of rotatable bonds is 9. The Morgan fingerprint density at radius 2 is 1.82 bits per heavy atom. The molecule has 0 atom stereocenters. The minimum atomic E-state index is -4.80. The van der Waals surface area contributed by atoms with Crippen LogP contribution >= 0.6 is 0 Å². The third-order valence-corrected chi connectivity index (χ3v) is 7.99. The van der Waals surface area contributed by atoms with Gasteiger partial charge in [-0.15, -0.1) is 0 Å². The number of hydrogen-bond donors (Lipinski definition) is 1. The number of fused-ring (bicyclic) bond motifs is 1. The molecule has 1 aliphatic heterocycles. The van der Waals surface area contributed by atoms with Gasteiger partial charge in [-0.2, -0.15) is 18.3 Å². The molecule has 0 radical (unpaired) electrons. The van der Waals surface area contributed by atoms with Crippen molar-refractivity contribution in [1.29, 1.82) is 0 Å². The van der Waals surface area contributed by atoms with Crippen molar-refractivity contribution in [3.63, 3.8) is 0 Å². The highest BCUT2D eigenvalue weighted by Crippen LogP contribution is 2.39. The fourth-order valence-electron chi connectivity index (χ4n) is 5.85. The Balaban J connectivity index is 1.32. The van der Waals surface area contributed by atoms with Gasteiger partial charge in [-0.25, -0.2) is 14.4 Å². The standard InChI is InChI=1S/C28H36F4N6O2/c1-3-33-24-16-23-21(17-35-24)26(18-9-12-37(13-10-18)14-15-39-2)36-38(23)19-4-6-20(7-5-19)40-27-25(29)22(8-11-34-27)28(30,31)32/h8,11,16-20H,3-7,9-10,12-15H2,1-2H3,(H,33,35)/t19-,20+. The molecule has 1 N–H and O–H groups in total. The van der Waals surface area contributed by atoms with E-state index in [9.17, 15) is 17.6 Å². The molecule has 2 fully saturated rings. The van der Waals surface area contributed by atoms with Crippen molar-refractivity contribution in [2.45, 2.75) is 69.7 Å². The smallest absolute Gasteiger partial charge is 0.419 e. The van der Waals surface area contributed by atoms with Crippen molar-refractivity contribution in [3.05, 3.63) is 41.6 Å². The first-order valence-corrected chi connectivity index (χ1v) is 14.0. The van der Waals surface area contributed by atoms with Gasteiger partial charge >= 0.3 is 6.18 Å². The SMILES string of the molecule is CCNc1cc2c(cn1)c(C1CCN(CCOC)CC1)nn2[C@H]1CC[C@@H](Oc2nccc(C(F)(F)F)c2F)CC1. The number of likely N-dealkylation sites (tertiary alicyclic amines) is 1. The number of alkyl halides is 3. The molecule has 40 heavy (non-hydrogen) atoms. The maximum atomic E-state index is 14.5. The first kappa shape index (κ1) is 28.5. The summed E-state index contributed by atoms with van der Waals surface area (Å²) < 4.78 is 66.7. The molecule has 4 heterocycles. The van der Waals surface area contributed by atoms with Gasteiger partial charge in [0, 0.05) is 50.0 Å². The molecule has 8 nitrogen and oxygen atoms in total. The van der Waals surface area contributed by atoms with E-state index in [1.165, 1.54) is 0 Å². The third-order valence-electron chi connectivity index (χ3n) is 7.99. The monoisotopic (exact) mass is 564 g/mol. The first-order valence-electron chi connectivity index (χ1n) is 14.0. The van der Waals surface area contributed by atoms with Crippen molar-refractivity contribution in [1.82, 2.24) is 24.6 Å². The number of pyridine rings is 2. The Hall–Kier alpha value is -2.99. The molecule has 3 aromatic heterocycles. The Morgan fingerprint density at radius 3 is 2.50 bits per heavy atom. The summed E-state index contributed by atoms with van der Waals surface area (Å²) in [6.45, 7) is 6.42.